The summed E-state index contributed by atoms with van der Waals surface area (Å²) in [7, 11) is 0. The predicted molar refractivity (Wildman–Crippen MR) is 67.4 cm³/mol. The van der Waals surface area contributed by atoms with Gasteiger partial charge in [0.05, 0.1) is 24.7 Å². The molecule has 0 radical (unpaired) electrons. The van der Waals surface area contributed by atoms with Crippen molar-refractivity contribution in [3.05, 3.63) is 18.0 Å². The maximum atomic E-state index is 8.94. The first kappa shape index (κ1) is 12.2. The van der Waals surface area contributed by atoms with Crippen molar-refractivity contribution < 1.29 is 0 Å². The molecule has 1 saturated carbocycles. The fraction of sp³-hybridized carbons (Fsp3) is 0.714. The molecule has 1 aromatic rings. The third-order valence-electron chi connectivity index (χ3n) is 3.76. The van der Waals surface area contributed by atoms with E-state index in [1.54, 1.807) is 0 Å². The lowest BCUT2D eigenvalue weighted by atomic mass is 9.84. The van der Waals surface area contributed by atoms with Crippen LogP contribution in [0.5, 0.6) is 0 Å². The second-order valence-corrected chi connectivity index (χ2v) is 5.25. The Morgan fingerprint density at radius 2 is 2.24 bits per heavy atom. The van der Waals surface area contributed by atoms with Crippen LogP contribution in [0.2, 0.25) is 0 Å². The Balaban J connectivity index is 1.99. The molecule has 1 fully saturated rings. The van der Waals surface area contributed by atoms with Crippen LogP contribution in [0, 0.1) is 24.2 Å². The zero-order valence-electron chi connectivity index (χ0n) is 10.6. The van der Waals surface area contributed by atoms with Crippen LogP contribution in [0.15, 0.2) is 12.4 Å². The Morgan fingerprint density at radius 3 is 2.82 bits per heavy atom. The lowest BCUT2D eigenvalue weighted by Crippen LogP contribution is -2.16. The van der Waals surface area contributed by atoms with Crippen molar-refractivity contribution in [3.8, 4) is 6.07 Å². The van der Waals surface area contributed by atoms with Gasteiger partial charge in [0, 0.05) is 6.20 Å². The average molecular weight is 231 g/mol. The van der Waals surface area contributed by atoms with E-state index >= 15 is 0 Å². The minimum atomic E-state index is 0.275. The molecule has 3 heteroatoms. The zero-order chi connectivity index (χ0) is 12.1. The fourth-order valence-corrected chi connectivity index (χ4v) is 2.83. The van der Waals surface area contributed by atoms with Crippen LogP contribution in [0.25, 0.3) is 0 Å². The van der Waals surface area contributed by atoms with Crippen molar-refractivity contribution in [2.45, 2.75) is 57.9 Å². The number of aromatic nitrogens is 2. The van der Waals surface area contributed by atoms with Gasteiger partial charge >= 0.3 is 0 Å². The SMILES string of the molecule is Cc1cnn(C(CC#N)CC2CCCCC2)c1. The van der Waals surface area contributed by atoms with Gasteiger partial charge in [-0.05, 0) is 24.8 Å². The third-order valence-corrected chi connectivity index (χ3v) is 3.76. The Hall–Kier alpha value is -1.30. The first-order chi connectivity index (χ1) is 8.29. The fourth-order valence-electron chi connectivity index (χ4n) is 2.83. The van der Waals surface area contributed by atoms with Gasteiger partial charge in [0.2, 0.25) is 0 Å². The van der Waals surface area contributed by atoms with Crippen LogP contribution >= 0.6 is 0 Å². The van der Waals surface area contributed by atoms with Crippen molar-refractivity contribution in [1.29, 1.82) is 5.26 Å². The first-order valence-electron chi connectivity index (χ1n) is 6.67. The summed E-state index contributed by atoms with van der Waals surface area (Å²) in [6.45, 7) is 2.05. The Bertz CT molecular complexity index is 382. The number of nitriles is 1. The molecule has 2 rings (SSSR count). The zero-order valence-corrected chi connectivity index (χ0v) is 10.6. The van der Waals surface area contributed by atoms with Gasteiger partial charge in [-0.2, -0.15) is 10.4 Å². The van der Waals surface area contributed by atoms with Crippen LogP contribution in [0.4, 0.5) is 0 Å². The van der Waals surface area contributed by atoms with Gasteiger partial charge in [0.1, 0.15) is 0 Å². The molecule has 3 nitrogen and oxygen atoms in total. The summed E-state index contributed by atoms with van der Waals surface area (Å²) in [5.41, 5.74) is 1.18. The standard InChI is InChI=1S/C14H21N3/c1-12-10-16-17(11-12)14(7-8-15)9-13-5-3-2-4-6-13/h10-11,13-14H,2-7,9H2,1H3. The maximum absolute atomic E-state index is 8.94. The van der Waals surface area contributed by atoms with E-state index in [-0.39, 0.29) is 6.04 Å². The summed E-state index contributed by atoms with van der Waals surface area (Å²) in [6.07, 6.45) is 12.4. The molecule has 0 amide bonds. The van der Waals surface area contributed by atoms with E-state index in [2.05, 4.69) is 17.4 Å². The first-order valence-corrected chi connectivity index (χ1v) is 6.67. The lowest BCUT2D eigenvalue weighted by molar-refractivity contribution is 0.278. The number of hydrogen-bond donors (Lipinski definition) is 0. The monoisotopic (exact) mass is 231 g/mol. The minimum absolute atomic E-state index is 0.275. The number of hydrogen-bond acceptors (Lipinski definition) is 2. The van der Waals surface area contributed by atoms with Crippen LogP contribution < -0.4 is 0 Å². The second-order valence-electron chi connectivity index (χ2n) is 5.25. The average Bonchev–Trinajstić information content (AvgIpc) is 2.77. The van der Waals surface area contributed by atoms with E-state index in [9.17, 15) is 0 Å². The van der Waals surface area contributed by atoms with Crippen LogP contribution in [0.1, 0.15) is 56.6 Å². The molecule has 0 aliphatic heterocycles. The molecule has 0 N–H and O–H groups in total. The minimum Gasteiger partial charge on any atom is -0.268 e. The molecular formula is C14H21N3. The van der Waals surface area contributed by atoms with Crippen molar-refractivity contribution in [2.24, 2.45) is 5.92 Å². The summed E-state index contributed by atoms with van der Waals surface area (Å²) in [5.74, 6) is 0.798. The van der Waals surface area contributed by atoms with Crippen molar-refractivity contribution >= 4 is 0 Å². The highest BCUT2D eigenvalue weighted by atomic mass is 15.3. The van der Waals surface area contributed by atoms with Gasteiger partial charge in [0.25, 0.3) is 0 Å². The van der Waals surface area contributed by atoms with Gasteiger partial charge in [0.15, 0.2) is 0 Å². The number of rotatable bonds is 4. The lowest BCUT2D eigenvalue weighted by Gasteiger charge is -2.25. The van der Waals surface area contributed by atoms with Crippen LogP contribution in [-0.2, 0) is 0 Å². The van der Waals surface area contributed by atoms with E-state index in [0.29, 0.717) is 6.42 Å². The Kier molecular flexibility index (Phi) is 4.19. The van der Waals surface area contributed by atoms with Gasteiger partial charge in [-0.1, -0.05) is 32.1 Å². The highest BCUT2D eigenvalue weighted by Gasteiger charge is 2.20. The molecule has 0 aromatic carbocycles. The molecule has 1 heterocycles. The van der Waals surface area contributed by atoms with Gasteiger partial charge in [-0.15, -0.1) is 0 Å². The Labute approximate surface area is 103 Å². The molecular weight excluding hydrogens is 210 g/mol. The van der Waals surface area contributed by atoms with E-state index in [4.69, 9.17) is 5.26 Å². The molecule has 1 aliphatic carbocycles. The number of aryl methyl sites for hydroxylation is 1. The van der Waals surface area contributed by atoms with Crippen LogP contribution in [-0.4, -0.2) is 9.78 Å². The van der Waals surface area contributed by atoms with Gasteiger partial charge < -0.3 is 0 Å². The highest BCUT2D eigenvalue weighted by Crippen LogP contribution is 2.31. The molecule has 17 heavy (non-hydrogen) atoms. The van der Waals surface area contributed by atoms with Gasteiger partial charge in [-0.25, -0.2) is 0 Å². The maximum Gasteiger partial charge on any atom is 0.0651 e. The topological polar surface area (TPSA) is 41.6 Å². The predicted octanol–water partition coefficient (Wildman–Crippen LogP) is 3.62. The normalized spacial score (nSPS) is 18.8. The molecule has 1 atom stereocenters. The molecule has 0 saturated heterocycles. The summed E-state index contributed by atoms with van der Waals surface area (Å²) in [6, 6.07) is 2.58. The molecule has 1 aliphatic rings. The van der Waals surface area contributed by atoms with Crippen molar-refractivity contribution in [3.63, 3.8) is 0 Å². The van der Waals surface area contributed by atoms with Crippen molar-refractivity contribution in [1.82, 2.24) is 9.78 Å². The van der Waals surface area contributed by atoms with Gasteiger partial charge in [-0.3, -0.25) is 4.68 Å². The summed E-state index contributed by atoms with van der Waals surface area (Å²) >= 11 is 0. The molecule has 1 unspecified atom stereocenters. The molecule has 92 valence electrons. The van der Waals surface area contributed by atoms with E-state index in [1.165, 1.54) is 37.7 Å². The Morgan fingerprint density at radius 1 is 1.47 bits per heavy atom. The largest absolute Gasteiger partial charge is 0.268 e. The quantitative estimate of drug-likeness (QED) is 0.794. The third kappa shape index (κ3) is 3.33. The second kappa shape index (κ2) is 5.86. The molecule has 0 spiro atoms. The smallest absolute Gasteiger partial charge is 0.0651 e. The summed E-state index contributed by atoms with van der Waals surface area (Å²) in [5, 5.41) is 13.3. The van der Waals surface area contributed by atoms with Crippen molar-refractivity contribution in [2.75, 3.05) is 0 Å². The van der Waals surface area contributed by atoms with E-state index < -0.39 is 0 Å². The van der Waals surface area contributed by atoms with E-state index in [0.717, 1.165) is 12.3 Å². The van der Waals surface area contributed by atoms with Crippen LogP contribution in [0.3, 0.4) is 0 Å². The number of nitrogens with zero attached hydrogens (tertiary/aromatic N) is 3. The summed E-state index contributed by atoms with van der Waals surface area (Å²) < 4.78 is 1.99. The summed E-state index contributed by atoms with van der Waals surface area (Å²) in [4.78, 5) is 0. The molecule has 1 aromatic heterocycles. The molecule has 0 bridgehead atoms. The van der Waals surface area contributed by atoms with E-state index in [1.807, 2.05) is 17.8 Å². The highest BCUT2D eigenvalue weighted by molar-refractivity contribution is 5.01.